The minimum atomic E-state index is -0.540. The SMILES string of the molecule is CCC(C)=CCN1CC[C@@]2(C[C@@H]1C)C(=NC1CCCCC1)NC(=O)N2c1cccc(F)c1. The molecule has 1 N–H and O–H groups in total. The number of nitrogens with one attached hydrogen (secondary N) is 1. The van der Waals surface area contributed by atoms with Gasteiger partial charge in [-0.1, -0.05) is 43.9 Å². The first-order valence-electron chi connectivity index (χ1n) is 12.3. The van der Waals surface area contributed by atoms with Crippen LogP contribution >= 0.6 is 0 Å². The number of piperidine rings is 1. The molecule has 32 heavy (non-hydrogen) atoms. The second-order valence-corrected chi connectivity index (χ2v) is 9.75. The van der Waals surface area contributed by atoms with Gasteiger partial charge in [0.05, 0.1) is 6.04 Å². The molecule has 174 valence electrons. The second kappa shape index (κ2) is 9.74. The summed E-state index contributed by atoms with van der Waals surface area (Å²) in [5.74, 6) is 0.472. The summed E-state index contributed by atoms with van der Waals surface area (Å²) in [5, 5.41) is 3.11. The van der Waals surface area contributed by atoms with E-state index in [1.807, 2.05) is 6.07 Å². The van der Waals surface area contributed by atoms with E-state index in [0.717, 1.165) is 51.0 Å². The Morgan fingerprint density at radius 1 is 1.31 bits per heavy atom. The predicted octanol–water partition coefficient (Wildman–Crippen LogP) is 5.67. The highest BCUT2D eigenvalue weighted by Crippen LogP contribution is 2.40. The van der Waals surface area contributed by atoms with Gasteiger partial charge in [0, 0.05) is 24.8 Å². The van der Waals surface area contributed by atoms with Crippen molar-refractivity contribution in [2.75, 3.05) is 18.0 Å². The summed E-state index contributed by atoms with van der Waals surface area (Å²) in [7, 11) is 0. The minimum absolute atomic E-state index is 0.187. The van der Waals surface area contributed by atoms with Gasteiger partial charge in [-0.3, -0.25) is 20.1 Å². The molecular weight excluding hydrogens is 403 g/mol. The molecule has 2 atom stereocenters. The number of anilines is 1. The zero-order valence-corrected chi connectivity index (χ0v) is 19.7. The van der Waals surface area contributed by atoms with E-state index in [1.54, 1.807) is 11.0 Å². The van der Waals surface area contributed by atoms with Crippen molar-refractivity contribution in [3.05, 3.63) is 41.7 Å². The fraction of sp³-hybridized carbons (Fsp3) is 0.615. The van der Waals surface area contributed by atoms with Gasteiger partial charge >= 0.3 is 6.03 Å². The molecule has 0 radical (unpaired) electrons. The van der Waals surface area contributed by atoms with Crippen LogP contribution in [0.2, 0.25) is 0 Å². The predicted molar refractivity (Wildman–Crippen MR) is 129 cm³/mol. The number of hydrogen-bond acceptors (Lipinski definition) is 3. The van der Waals surface area contributed by atoms with Gasteiger partial charge in [0.25, 0.3) is 0 Å². The van der Waals surface area contributed by atoms with Crippen molar-refractivity contribution >= 4 is 17.6 Å². The summed E-state index contributed by atoms with van der Waals surface area (Å²) in [6, 6.07) is 6.77. The number of carbonyl (C=O) groups is 1. The first kappa shape index (κ1) is 23.0. The fourth-order valence-electron chi connectivity index (χ4n) is 5.47. The summed E-state index contributed by atoms with van der Waals surface area (Å²) in [6.07, 6.45) is 10.8. The van der Waals surface area contributed by atoms with Crippen molar-refractivity contribution in [1.82, 2.24) is 10.2 Å². The molecular formula is C26H37FN4O. The van der Waals surface area contributed by atoms with E-state index < -0.39 is 5.54 Å². The van der Waals surface area contributed by atoms with Gasteiger partial charge < -0.3 is 0 Å². The van der Waals surface area contributed by atoms with Gasteiger partial charge in [-0.15, -0.1) is 0 Å². The number of urea groups is 1. The van der Waals surface area contributed by atoms with Gasteiger partial charge in [0.2, 0.25) is 0 Å². The number of amides is 2. The number of halogens is 1. The normalized spacial score (nSPS) is 29.2. The largest absolute Gasteiger partial charge is 0.328 e. The van der Waals surface area contributed by atoms with Crippen LogP contribution in [0.25, 0.3) is 0 Å². The molecule has 0 aromatic heterocycles. The van der Waals surface area contributed by atoms with Crippen LogP contribution < -0.4 is 10.2 Å². The number of allylic oxidation sites excluding steroid dienone is 1. The lowest BCUT2D eigenvalue weighted by atomic mass is 9.81. The van der Waals surface area contributed by atoms with E-state index in [1.165, 1.54) is 37.0 Å². The maximum absolute atomic E-state index is 14.1. The molecule has 5 nitrogen and oxygen atoms in total. The molecule has 1 aromatic rings. The van der Waals surface area contributed by atoms with Gasteiger partial charge in [-0.05, 0) is 64.2 Å². The Labute approximate surface area is 191 Å². The molecule has 3 aliphatic rings. The molecule has 0 bridgehead atoms. The van der Waals surface area contributed by atoms with E-state index in [-0.39, 0.29) is 23.9 Å². The topological polar surface area (TPSA) is 47.9 Å². The number of rotatable bonds is 5. The van der Waals surface area contributed by atoms with Crippen LogP contribution in [0.4, 0.5) is 14.9 Å². The van der Waals surface area contributed by atoms with E-state index in [4.69, 9.17) is 4.99 Å². The molecule has 1 spiro atoms. The van der Waals surface area contributed by atoms with Crippen LogP contribution in [0.5, 0.6) is 0 Å². The molecule has 2 aliphatic heterocycles. The smallest absolute Gasteiger partial charge is 0.297 e. The molecule has 1 aromatic carbocycles. The van der Waals surface area contributed by atoms with Gasteiger partial charge in [0.15, 0.2) is 0 Å². The van der Waals surface area contributed by atoms with Gasteiger partial charge in [-0.25, -0.2) is 9.18 Å². The van der Waals surface area contributed by atoms with E-state index in [2.05, 4.69) is 37.1 Å². The lowest BCUT2D eigenvalue weighted by molar-refractivity contribution is 0.145. The highest BCUT2D eigenvalue weighted by molar-refractivity contribution is 6.19. The standard InChI is InChI=1S/C26H37FN4O/c1-4-19(2)13-15-30-16-14-26(18-20(30)3)24(28-22-10-6-5-7-11-22)29-25(32)31(26)23-12-8-9-21(27)17-23/h8-9,12-13,17,20,22H,4-7,10-11,14-16,18H2,1-3H3,(H,28,29,32)/t20-,26+/m0/s1. The van der Waals surface area contributed by atoms with Crippen molar-refractivity contribution < 1.29 is 9.18 Å². The highest BCUT2D eigenvalue weighted by atomic mass is 19.1. The molecule has 1 saturated carbocycles. The maximum atomic E-state index is 14.1. The molecule has 2 amide bonds. The number of carbonyl (C=O) groups excluding carboxylic acids is 1. The van der Waals surface area contributed by atoms with Crippen LogP contribution in [0.15, 0.2) is 40.9 Å². The Morgan fingerprint density at radius 3 is 2.78 bits per heavy atom. The van der Waals surface area contributed by atoms with Crippen LogP contribution in [-0.2, 0) is 0 Å². The average Bonchev–Trinajstić information content (AvgIpc) is 3.03. The monoisotopic (exact) mass is 440 g/mol. The minimum Gasteiger partial charge on any atom is -0.297 e. The van der Waals surface area contributed by atoms with Crippen molar-refractivity contribution in [3.63, 3.8) is 0 Å². The number of likely N-dealkylation sites (tertiary alicyclic amines) is 1. The maximum Gasteiger partial charge on any atom is 0.328 e. The molecule has 6 heteroatoms. The first-order valence-corrected chi connectivity index (χ1v) is 12.3. The number of aliphatic imine (C=N–C) groups is 1. The van der Waals surface area contributed by atoms with Crippen LogP contribution in [0, 0.1) is 5.82 Å². The molecule has 4 rings (SSSR count). The summed E-state index contributed by atoms with van der Waals surface area (Å²) >= 11 is 0. The number of hydrogen-bond donors (Lipinski definition) is 1. The number of benzene rings is 1. The zero-order chi connectivity index (χ0) is 22.7. The third-order valence-electron chi connectivity index (χ3n) is 7.55. The quantitative estimate of drug-likeness (QED) is 0.600. The molecule has 0 unspecified atom stereocenters. The Kier molecular flexibility index (Phi) is 6.99. The van der Waals surface area contributed by atoms with Crippen LogP contribution in [-0.4, -0.2) is 47.5 Å². The number of nitrogens with zero attached hydrogens (tertiary/aromatic N) is 3. The van der Waals surface area contributed by atoms with E-state index in [9.17, 15) is 9.18 Å². The highest BCUT2D eigenvalue weighted by Gasteiger charge is 2.54. The van der Waals surface area contributed by atoms with Crippen molar-refractivity contribution in [1.29, 1.82) is 0 Å². The summed E-state index contributed by atoms with van der Waals surface area (Å²) in [6.45, 7) is 8.39. The third-order valence-corrected chi connectivity index (χ3v) is 7.55. The molecule has 2 heterocycles. The second-order valence-electron chi connectivity index (χ2n) is 9.75. The Bertz CT molecular complexity index is 892. The van der Waals surface area contributed by atoms with E-state index >= 15 is 0 Å². The summed E-state index contributed by atoms with van der Waals surface area (Å²) in [5.41, 5.74) is 1.47. The zero-order valence-electron chi connectivity index (χ0n) is 19.7. The molecule has 2 saturated heterocycles. The lowest BCUT2D eigenvalue weighted by Crippen LogP contribution is -2.59. The van der Waals surface area contributed by atoms with Crippen molar-refractivity contribution in [3.8, 4) is 0 Å². The van der Waals surface area contributed by atoms with Crippen molar-refractivity contribution in [2.45, 2.75) is 89.8 Å². The van der Waals surface area contributed by atoms with Crippen molar-refractivity contribution in [2.24, 2.45) is 4.99 Å². The molecule has 3 fully saturated rings. The van der Waals surface area contributed by atoms with Gasteiger partial charge in [0.1, 0.15) is 17.2 Å². The number of amidine groups is 1. The Hall–Kier alpha value is -2.21. The van der Waals surface area contributed by atoms with Gasteiger partial charge in [-0.2, -0.15) is 0 Å². The lowest BCUT2D eigenvalue weighted by Gasteiger charge is -2.47. The third kappa shape index (κ3) is 4.61. The average molecular weight is 441 g/mol. The summed E-state index contributed by atoms with van der Waals surface area (Å²) in [4.78, 5) is 22.6. The Morgan fingerprint density at radius 2 is 2.09 bits per heavy atom. The van der Waals surface area contributed by atoms with Crippen LogP contribution in [0.3, 0.4) is 0 Å². The molecule has 1 aliphatic carbocycles. The first-order chi connectivity index (χ1) is 15.4. The Balaban J connectivity index is 1.67. The van der Waals surface area contributed by atoms with Crippen LogP contribution in [0.1, 0.15) is 72.1 Å². The van der Waals surface area contributed by atoms with E-state index in [0.29, 0.717) is 5.69 Å². The fourth-order valence-corrected chi connectivity index (χ4v) is 5.47. The summed E-state index contributed by atoms with van der Waals surface area (Å²) < 4.78 is 14.1.